The summed E-state index contributed by atoms with van der Waals surface area (Å²) in [6, 6.07) is 0. The minimum atomic E-state index is -0.430. The summed E-state index contributed by atoms with van der Waals surface area (Å²) < 4.78 is 4.64. The van der Waals surface area contributed by atoms with E-state index in [1.807, 2.05) is 0 Å². The molecular weight excluding hydrogens is 122 g/mol. The van der Waals surface area contributed by atoms with E-state index in [0.29, 0.717) is 13.0 Å². The lowest BCUT2D eigenvalue weighted by atomic mass is 10.2. The molecule has 1 rings (SSSR count). The predicted octanol–water partition coefficient (Wildman–Crippen LogP) is -0.523. The maximum atomic E-state index is 10.4. The van der Waals surface area contributed by atoms with Crippen molar-refractivity contribution in [1.82, 2.24) is 5.32 Å². The fourth-order valence-electron chi connectivity index (χ4n) is 0.716. The van der Waals surface area contributed by atoms with Gasteiger partial charge in [-0.1, -0.05) is 0 Å². The van der Waals surface area contributed by atoms with Gasteiger partial charge in [0.25, 0.3) is 0 Å². The third-order valence-electron chi connectivity index (χ3n) is 1.21. The molecule has 1 aliphatic heterocycles. The molecular formula is C5H9NO3. The Morgan fingerprint density at radius 2 is 2.67 bits per heavy atom. The maximum Gasteiger partial charge on any atom is 0.407 e. The molecule has 0 spiro atoms. The number of alkyl carbamates (subject to hydrolysis) is 1. The zero-order valence-corrected chi connectivity index (χ0v) is 4.96. The second-order valence-electron chi connectivity index (χ2n) is 1.93. The molecule has 0 aromatic rings. The zero-order valence-electron chi connectivity index (χ0n) is 4.96. The van der Waals surface area contributed by atoms with Gasteiger partial charge in [0, 0.05) is 13.0 Å². The SMILES string of the molecule is O=C1NCC[C@@H](CO)O1. The highest BCUT2D eigenvalue weighted by atomic mass is 16.6. The van der Waals surface area contributed by atoms with Crippen LogP contribution in [0.15, 0.2) is 0 Å². The quantitative estimate of drug-likeness (QED) is 0.503. The second-order valence-corrected chi connectivity index (χ2v) is 1.93. The van der Waals surface area contributed by atoms with Gasteiger partial charge in [0.15, 0.2) is 0 Å². The van der Waals surface area contributed by atoms with E-state index in [1.165, 1.54) is 0 Å². The molecule has 0 aromatic heterocycles. The van der Waals surface area contributed by atoms with Crippen LogP contribution >= 0.6 is 0 Å². The normalized spacial score (nSPS) is 26.8. The van der Waals surface area contributed by atoms with Crippen molar-refractivity contribution in [2.24, 2.45) is 0 Å². The molecule has 1 aliphatic rings. The largest absolute Gasteiger partial charge is 0.444 e. The molecule has 9 heavy (non-hydrogen) atoms. The summed E-state index contributed by atoms with van der Waals surface area (Å²) in [5, 5.41) is 11.0. The molecule has 1 heterocycles. The van der Waals surface area contributed by atoms with Crippen LogP contribution in [0.3, 0.4) is 0 Å². The van der Waals surface area contributed by atoms with Crippen LogP contribution in [0.4, 0.5) is 4.79 Å². The number of rotatable bonds is 1. The van der Waals surface area contributed by atoms with Crippen LogP contribution in [-0.4, -0.2) is 30.5 Å². The predicted molar refractivity (Wildman–Crippen MR) is 30.0 cm³/mol. The molecule has 2 N–H and O–H groups in total. The Morgan fingerprint density at radius 1 is 1.89 bits per heavy atom. The van der Waals surface area contributed by atoms with Crippen molar-refractivity contribution in [2.45, 2.75) is 12.5 Å². The van der Waals surface area contributed by atoms with Crippen LogP contribution < -0.4 is 5.32 Å². The Labute approximate surface area is 52.8 Å². The third kappa shape index (κ3) is 1.57. The number of carbonyl (C=O) groups is 1. The Balaban J connectivity index is 2.32. The first-order valence-corrected chi connectivity index (χ1v) is 2.88. The van der Waals surface area contributed by atoms with E-state index in [2.05, 4.69) is 10.1 Å². The zero-order chi connectivity index (χ0) is 6.69. The molecule has 0 unspecified atom stereocenters. The first-order valence-electron chi connectivity index (χ1n) is 2.88. The minimum Gasteiger partial charge on any atom is -0.444 e. The molecule has 1 amide bonds. The number of aliphatic hydroxyl groups is 1. The summed E-state index contributed by atoms with van der Waals surface area (Å²) in [7, 11) is 0. The summed E-state index contributed by atoms with van der Waals surface area (Å²) in [6.45, 7) is 0.525. The van der Waals surface area contributed by atoms with Gasteiger partial charge in [0.2, 0.25) is 0 Å². The number of amides is 1. The second kappa shape index (κ2) is 2.68. The topological polar surface area (TPSA) is 58.6 Å². The third-order valence-corrected chi connectivity index (χ3v) is 1.21. The molecule has 4 nitrogen and oxygen atoms in total. The van der Waals surface area contributed by atoms with Crippen molar-refractivity contribution in [3.63, 3.8) is 0 Å². The summed E-state index contributed by atoms with van der Waals surface area (Å²) in [4.78, 5) is 10.4. The Morgan fingerprint density at radius 3 is 3.11 bits per heavy atom. The summed E-state index contributed by atoms with van der Waals surface area (Å²) in [5.74, 6) is 0. The fraction of sp³-hybridized carbons (Fsp3) is 0.800. The lowest BCUT2D eigenvalue weighted by Gasteiger charge is -2.20. The number of nitrogens with one attached hydrogen (secondary N) is 1. The van der Waals surface area contributed by atoms with Gasteiger partial charge in [-0.2, -0.15) is 0 Å². The van der Waals surface area contributed by atoms with Gasteiger partial charge in [-0.3, -0.25) is 0 Å². The van der Waals surface area contributed by atoms with Crippen LogP contribution in [-0.2, 0) is 4.74 Å². The summed E-state index contributed by atoms with van der Waals surface area (Å²) in [6.07, 6.45) is -0.0264. The number of hydrogen-bond acceptors (Lipinski definition) is 3. The molecule has 0 saturated carbocycles. The average molecular weight is 131 g/mol. The van der Waals surface area contributed by atoms with Gasteiger partial charge >= 0.3 is 6.09 Å². The molecule has 52 valence electrons. The van der Waals surface area contributed by atoms with E-state index < -0.39 is 6.09 Å². The van der Waals surface area contributed by atoms with Crippen molar-refractivity contribution in [3.8, 4) is 0 Å². The fourth-order valence-corrected chi connectivity index (χ4v) is 0.716. The molecule has 0 radical (unpaired) electrons. The van der Waals surface area contributed by atoms with E-state index in [4.69, 9.17) is 5.11 Å². The molecule has 1 atom stereocenters. The average Bonchev–Trinajstić information content (AvgIpc) is 1.88. The molecule has 0 bridgehead atoms. The summed E-state index contributed by atoms with van der Waals surface area (Å²) >= 11 is 0. The van der Waals surface area contributed by atoms with Crippen molar-refractivity contribution in [3.05, 3.63) is 0 Å². The number of hydrogen-bond donors (Lipinski definition) is 2. The standard InChI is InChI=1S/C5H9NO3/c7-3-4-1-2-6-5(8)9-4/h4,7H,1-3H2,(H,6,8)/t4-/m0/s1. The number of carbonyl (C=O) groups excluding carboxylic acids is 1. The first-order chi connectivity index (χ1) is 4.33. The summed E-state index contributed by atoms with van der Waals surface area (Å²) in [5.41, 5.74) is 0. The van der Waals surface area contributed by atoms with Gasteiger partial charge < -0.3 is 15.2 Å². The van der Waals surface area contributed by atoms with E-state index in [1.54, 1.807) is 0 Å². The molecule has 1 fully saturated rings. The smallest absolute Gasteiger partial charge is 0.407 e. The van der Waals surface area contributed by atoms with Crippen LogP contribution in [0.25, 0.3) is 0 Å². The van der Waals surface area contributed by atoms with Gasteiger partial charge in [-0.05, 0) is 0 Å². The highest BCUT2D eigenvalue weighted by molar-refractivity contribution is 5.67. The minimum absolute atomic E-state index is 0.0760. The highest BCUT2D eigenvalue weighted by Gasteiger charge is 2.17. The van der Waals surface area contributed by atoms with Crippen LogP contribution in [0.1, 0.15) is 6.42 Å². The Bertz CT molecular complexity index is 115. The number of cyclic esters (lactones) is 1. The van der Waals surface area contributed by atoms with Gasteiger partial charge in [0.05, 0.1) is 6.61 Å². The van der Waals surface area contributed by atoms with Crippen molar-refractivity contribution >= 4 is 6.09 Å². The van der Waals surface area contributed by atoms with Crippen LogP contribution in [0.5, 0.6) is 0 Å². The van der Waals surface area contributed by atoms with Crippen molar-refractivity contribution in [2.75, 3.05) is 13.2 Å². The highest BCUT2D eigenvalue weighted by Crippen LogP contribution is 2.01. The lowest BCUT2D eigenvalue weighted by Crippen LogP contribution is -2.39. The number of aliphatic hydroxyl groups excluding tert-OH is 1. The van der Waals surface area contributed by atoms with E-state index in [-0.39, 0.29) is 12.7 Å². The van der Waals surface area contributed by atoms with Crippen molar-refractivity contribution < 1.29 is 14.6 Å². The Kier molecular flexibility index (Phi) is 1.89. The molecule has 1 saturated heterocycles. The van der Waals surface area contributed by atoms with Gasteiger partial charge in [-0.15, -0.1) is 0 Å². The van der Waals surface area contributed by atoms with E-state index >= 15 is 0 Å². The van der Waals surface area contributed by atoms with Crippen molar-refractivity contribution in [1.29, 1.82) is 0 Å². The monoisotopic (exact) mass is 131 g/mol. The van der Waals surface area contributed by atoms with Crippen LogP contribution in [0.2, 0.25) is 0 Å². The first kappa shape index (κ1) is 6.35. The van der Waals surface area contributed by atoms with Gasteiger partial charge in [-0.25, -0.2) is 4.79 Å². The molecule has 0 aromatic carbocycles. The maximum absolute atomic E-state index is 10.4. The van der Waals surface area contributed by atoms with E-state index in [9.17, 15) is 4.79 Å². The molecule has 0 aliphatic carbocycles. The Hall–Kier alpha value is -0.770. The van der Waals surface area contributed by atoms with Gasteiger partial charge in [0.1, 0.15) is 6.10 Å². The lowest BCUT2D eigenvalue weighted by molar-refractivity contribution is 0.0374. The number of ether oxygens (including phenoxy) is 1. The molecule has 4 heteroatoms. The van der Waals surface area contributed by atoms with E-state index in [0.717, 1.165) is 0 Å². The van der Waals surface area contributed by atoms with Crippen LogP contribution in [0, 0.1) is 0 Å².